The standard InChI is InChI=1S/C13H9BrF4N2O3/c14-11-7(15)3-6(13(16,17)18)4-8(11)19-9-5-10(22)20(1-2-21)12(9)23/h3-5,19,21H,1-2H2. The summed E-state index contributed by atoms with van der Waals surface area (Å²) in [4.78, 5) is 24.2. The Morgan fingerprint density at radius 3 is 2.48 bits per heavy atom. The molecule has 0 aromatic heterocycles. The molecule has 0 bridgehead atoms. The molecule has 2 N–H and O–H groups in total. The minimum atomic E-state index is -4.77. The molecular weight excluding hydrogens is 388 g/mol. The Hall–Kier alpha value is -1.94. The molecule has 5 nitrogen and oxygen atoms in total. The van der Waals surface area contributed by atoms with E-state index in [-0.39, 0.29) is 22.4 Å². The van der Waals surface area contributed by atoms with E-state index in [1.165, 1.54) is 0 Å². The van der Waals surface area contributed by atoms with Crippen LogP contribution in [0.5, 0.6) is 0 Å². The summed E-state index contributed by atoms with van der Waals surface area (Å²) in [5.74, 6) is -2.73. The highest BCUT2D eigenvalue weighted by atomic mass is 79.9. The van der Waals surface area contributed by atoms with Crippen LogP contribution in [0.4, 0.5) is 23.2 Å². The normalized spacial score (nSPS) is 15.2. The van der Waals surface area contributed by atoms with Crippen LogP contribution < -0.4 is 5.32 Å². The molecule has 1 aromatic carbocycles. The molecule has 0 saturated heterocycles. The molecule has 10 heteroatoms. The molecule has 1 aliphatic heterocycles. The number of imide groups is 1. The third-order valence-electron chi connectivity index (χ3n) is 2.96. The van der Waals surface area contributed by atoms with Gasteiger partial charge in [0.25, 0.3) is 11.8 Å². The fourth-order valence-electron chi connectivity index (χ4n) is 1.90. The molecule has 0 spiro atoms. The van der Waals surface area contributed by atoms with E-state index in [0.29, 0.717) is 17.0 Å². The summed E-state index contributed by atoms with van der Waals surface area (Å²) in [7, 11) is 0. The highest BCUT2D eigenvalue weighted by Gasteiger charge is 2.34. The third kappa shape index (κ3) is 3.53. The van der Waals surface area contributed by atoms with Crippen molar-refractivity contribution >= 4 is 33.4 Å². The Morgan fingerprint density at radius 1 is 1.26 bits per heavy atom. The van der Waals surface area contributed by atoms with Crippen molar-refractivity contribution < 1.29 is 32.3 Å². The van der Waals surface area contributed by atoms with Crippen LogP contribution in [0, 0.1) is 5.82 Å². The van der Waals surface area contributed by atoms with Crippen molar-refractivity contribution in [2.75, 3.05) is 18.5 Å². The number of amides is 2. The fraction of sp³-hybridized carbons (Fsp3) is 0.231. The summed E-state index contributed by atoms with van der Waals surface area (Å²) in [5.41, 5.74) is -1.91. The van der Waals surface area contributed by atoms with E-state index >= 15 is 0 Å². The first-order chi connectivity index (χ1) is 10.6. The van der Waals surface area contributed by atoms with E-state index in [0.717, 1.165) is 6.08 Å². The van der Waals surface area contributed by atoms with Gasteiger partial charge in [-0.15, -0.1) is 0 Å². The first-order valence-electron chi connectivity index (χ1n) is 6.16. The van der Waals surface area contributed by atoms with Crippen molar-refractivity contribution in [3.63, 3.8) is 0 Å². The number of nitrogens with zero attached hydrogens (tertiary/aromatic N) is 1. The van der Waals surface area contributed by atoms with Crippen LogP contribution in [0.15, 0.2) is 28.4 Å². The smallest absolute Gasteiger partial charge is 0.395 e. The van der Waals surface area contributed by atoms with Crippen LogP contribution in [0.1, 0.15) is 5.56 Å². The van der Waals surface area contributed by atoms with Crippen molar-refractivity contribution in [2.24, 2.45) is 0 Å². The summed E-state index contributed by atoms with van der Waals surface area (Å²) in [6.07, 6.45) is -3.91. The van der Waals surface area contributed by atoms with Crippen molar-refractivity contribution in [2.45, 2.75) is 6.18 Å². The summed E-state index contributed by atoms with van der Waals surface area (Å²) >= 11 is 2.79. The number of benzene rings is 1. The van der Waals surface area contributed by atoms with Gasteiger partial charge in [0.15, 0.2) is 0 Å². The van der Waals surface area contributed by atoms with Crippen LogP contribution in [-0.4, -0.2) is 35.0 Å². The highest BCUT2D eigenvalue weighted by molar-refractivity contribution is 9.10. The van der Waals surface area contributed by atoms with Crippen LogP contribution >= 0.6 is 15.9 Å². The van der Waals surface area contributed by atoms with Gasteiger partial charge in [-0.2, -0.15) is 13.2 Å². The van der Waals surface area contributed by atoms with Gasteiger partial charge < -0.3 is 10.4 Å². The van der Waals surface area contributed by atoms with Crippen molar-refractivity contribution in [3.8, 4) is 0 Å². The molecule has 0 atom stereocenters. The van der Waals surface area contributed by atoms with Crippen molar-refractivity contribution in [1.29, 1.82) is 0 Å². The Kier molecular flexibility index (Phi) is 4.76. The van der Waals surface area contributed by atoms with E-state index in [4.69, 9.17) is 5.11 Å². The summed E-state index contributed by atoms with van der Waals surface area (Å²) in [6, 6.07) is 0.920. The molecule has 2 amide bonds. The molecule has 2 rings (SSSR count). The minimum Gasteiger partial charge on any atom is -0.395 e. The Balaban J connectivity index is 2.34. The summed E-state index contributed by atoms with van der Waals surface area (Å²) < 4.78 is 51.4. The number of aliphatic hydroxyl groups is 1. The van der Waals surface area contributed by atoms with Gasteiger partial charge in [-0.05, 0) is 28.1 Å². The summed E-state index contributed by atoms with van der Waals surface area (Å²) in [6.45, 7) is -0.710. The van der Waals surface area contributed by atoms with Gasteiger partial charge >= 0.3 is 6.18 Å². The van der Waals surface area contributed by atoms with Crippen LogP contribution in [0.3, 0.4) is 0 Å². The van der Waals surface area contributed by atoms with Crippen molar-refractivity contribution in [3.05, 3.63) is 39.8 Å². The lowest BCUT2D eigenvalue weighted by molar-refractivity contribution is -0.138. The van der Waals surface area contributed by atoms with Crippen LogP contribution in [0.25, 0.3) is 0 Å². The van der Waals surface area contributed by atoms with Gasteiger partial charge in [0.1, 0.15) is 11.5 Å². The average Bonchev–Trinajstić information content (AvgIpc) is 2.70. The predicted octanol–water partition coefficient (Wildman–Crippen LogP) is 2.26. The third-order valence-corrected chi connectivity index (χ3v) is 3.76. The van der Waals surface area contributed by atoms with E-state index in [2.05, 4.69) is 21.2 Å². The van der Waals surface area contributed by atoms with Crippen LogP contribution in [0.2, 0.25) is 0 Å². The van der Waals surface area contributed by atoms with Gasteiger partial charge in [-0.1, -0.05) is 0 Å². The number of β-amino-alcohol motifs (C(OH)–C–C–N with tert-alkyl or cyclic N) is 1. The molecule has 1 aliphatic rings. The van der Waals surface area contributed by atoms with E-state index in [1.54, 1.807) is 0 Å². The first-order valence-corrected chi connectivity index (χ1v) is 6.96. The number of carbonyl (C=O) groups excluding carboxylic acids is 2. The second kappa shape index (κ2) is 6.28. The lowest BCUT2D eigenvalue weighted by Gasteiger charge is -2.15. The van der Waals surface area contributed by atoms with Gasteiger partial charge in [-0.25, -0.2) is 4.39 Å². The second-order valence-corrected chi connectivity index (χ2v) is 5.31. The number of hydrogen-bond donors (Lipinski definition) is 2. The Labute approximate surface area is 135 Å². The number of halogens is 5. The zero-order valence-corrected chi connectivity index (χ0v) is 12.8. The molecule has 124 valence electrons. The Bertz CT molecular complexity index is 703. The van der Waals surface area contributed by atoms with Gasteiger partial charge in [-0.3, -0.25) is 14.5 Å². The SMILES string of the molecule is O=C1C=C(Nc2cc(C(F)(F)F)cc(F)c2Br)C(=O)N1CCO. The van der Waals surface area contributed by atoms with E-state index in [9.17, 15) is 27.2 Å². The number of rotatable bonds is 4. The molecule has 23 heavy (non-hydrogen) atoms. The number of hydrogen-bond acceptors (Lipinski definition) is 4. The zero-order valence-electron chi connectivity index (χ0n) is 11.2. The number of carbonyl (C=O) groups is 2. The predicted molar refractivity (Wildman–Crippen MR) is 74.6 cm³/mol. The maximum absolute atomic E-state index is 13.6. The minimum absolute atomic E-state index is 0.253. The van der Waals surface area contributed by atoms with E-state index < -0.39 is 36.0 Å². The molecule has 0 saturated carbocycles. The fourth-order valence-corrected chi connectivity index (χ4v) is 2.23. The lowest BCUT2D eigenvalue weighted by Crippen LogP contribution is -2.34. The number of anilines is 1. The quantitative estimate of drug-likeness (QED) is 0.604. The van der Waals surface area contributed by atoms with Gasteiger partial charge in [0.05, 0.1) is 28.9 Å². The largest absolute Gasteiger partial charge is 0.416 e. The zero-order chi connectivity index (χ0) is 17.4. The molecular formula is C13H9BrF4N2O3. The molecule has 0 fully saturated rings. The Morgan fingerprint density at radius 2 is 1.91 bits per heavy atom. The second-order valence-electron chi connectivity index (χ2n) is 4.52. The molecule has 0 unspecified atom stereocenters. The van der Waals surface area contributed by atoms with Crippen LogP contribution in [-0.2, 0) is 15.8 Å². The number of aliphatic hydroxyl groups excluding tert-OH is 1. The lowest BCUT2D eigenvalue weighted by atomic mass is 10.2. The van der Waals surface area contributed by atoms with Gasteiger partial charge in [0.2, 0.25) is 0 Å². The first kappa shape index (κ1) is 17.4. The number of nitrogens with one attached hydrogen (secondary N) is 1. The summed E-state index contributed by atoms with van der Waals surface area (Å²) in [5, 5.41) is 11.1. The van der Waals surface area contributed by atoms with Crippen molar-refractivity contribution in [1.82, 2.24) is 4.90 Å². The molecule has 1 aromatic rings. The van der Waals surface area contributed by atoms with Gasteiger partial charge in [0, 0.05) is 6.08 Å². The average molecular weight is 397 g/mol. The monoisotopic (exact) mass is 396 g/mol. The maximum Gasteiger partial charge on any atom is 0.416 e. The topological polar surface area (TPSA) is 69.6 Å². The van der Waals surface area contributed by atoms with E-state index in [1.807, 2.05) is 0 Å². The maximum atomic E-state index is 13.6. The molecule has 0 radical (unpaired) electrons. The number of alkyl halides is 3. The molecule has 0 aliphatic carbocycles. The molecule has 1 heterocycles. The highest BCUT2D eigenvalue weighted by Crippen LogP contribution is 2.36.